The third kappa shape index (κ3) is 4.25. The van der Waals surface area contributed by atoms with E-state index in [9.17, 15) is 13.2 Å². The molecular weight excluding hydrogens is 365 g/mol. The van der Waals surface area contributed by atoms with Crippen molar-refractivity contribution in [1.29, 1.82) is 0 Å². The molecule has 1 fully saturated rings. The molecule has 0 spiro atoms. The normalized spacial score (nSPS) is 14.9. The molecule has 0 radical (unpaired) electrons. The van der Waals surface area contributed by atoms with Crippen LogP contribution in [-0.2, 0) is 6.18 Å². The second-order valence-electron chi connectivity index (χ2n) is 6.73. The zero-order valence-electron chi connectivity index (χ0n) is 15.8. The van der Waals surface area contributed by atoms with Gasteiger partial charge in [0, 0.05) is 28.4 Å². The SMILES string of the molecule is CC.NC1(CNc2nnc(-c3ccc(C(F)(F)F)cc3)c3ccccc23)CC1. The number of halogens is 3. The lowest BCUT2D eigenvalue weighted by Crippen LogP contribution is -2.31. The monoisotopic (exact) mass is 388 g/mol. The first kappa shape index (κ1) is 20.1. The van der Waals surface area contributed by atoms with Gasteiger partial charge in [-0.1, -0.05) is 50.2 Å². The molecule has 7 heteroatoms. The predicted octanol–water partition coefficient (Wildman–Crippen LogP) is 5.25. The first-order valence-corrected chi connectivity index (χ1v) is 9.32. The van der Waals surface area contributed by atoms with Gasteiger partial charge in [-0.15, -0.1) is 10.2 Å². The maximum Gasteiger partial charge on any atom is 0.416 e. The topological polar surface area (TPSA) is 63.8 Å². The average molecular weight is 388 g/mol. The van der Waals surface area contributed by atoms with Crippen LogP contribution in [0, 0.1) is 0 Å². The first-order valence-electron chi connectivity index (χ1n) is 9.32. The standard InChI is InChI=1S/C19H17F3N4.C2H6/c20-19(21,22)13-7-5-12(6-8-13)16-14-3-1-2-4-15(14)17(26-25-16)24-11-18(23)9-10-18;1-2/h1-8H,9-11,23H2,(H,24,26);1-2H3. The van der Waals surface area contributed by atoms with Crippen LogP contribution in [0.3, 0.4) is 0 Å². The Morgan fingerprint density at radius 2 is 1.57 bits per heavy atom. The number of rotatable bonds is 4. The van der Waals surface area contributed by atoms with E-state index in [0.29, 0.717) is 23.6 Å². The van der Waals surface area contributed by atoms with Gasteiger partial charge in [-0.2, -0.15) is 13.2 Å². The van der Waals surface area contributed by atoms with Crippen molar-refractivity contribution in [3.8, 4) is 11.3 Å². The number of hydrogen-bond acceptors (Lipinski definition) is 4. The van der Waals surface area contributed by atoms with Crippen molar-refractivity contribution in [3.05, 3.63) is 54.1 Å². The van der Waals surface area contributed by atoms with Gasteiger partial charge in [0.1, 0.15) is 5.69 Å². The minimum absolute atomic E-state index is 0.172. The highest BCUT2D eigenvalue weighted by atomic mass is 19.4. The van der Waals surface area contributed by atoms with E-state index < -0.39 is 11.7 Å². The molecule has 0 unspecified atom stereocenters. The Morgan fingerprint density at radius 3 is 2.14 bits per heavy atom. The lowest BCUT2D eigenvalue weighted by Gasteiger charge is -2.14. The van der Waals surface area contributed by atoms with Crippen LogP contribution < -0.4 is 11.1 Å². The molecule has 3 aromatic rings. The van der Waals surface area contributed by atoms with E-state index in [-0.39, 0.29) is 5.54 Å². The molecule has 1 aliphatic rings. The lowest BCUT2D eigenvalue weighted by molar-refractivity contribution is -0.137. The van der Waals surface area contributed by atoms with Crippen molar-refractivity contribution in [2.45, 2.75) is 38.4 Å². The van der Waals surface area contributed by atoms with Crippen molar-refractivity contribution in [3.63, 3.8) is 0 Å². The fourth-order valence-electron chi connectivity index (χ4n) is 2.86. The molecule has 148 valence electrons. The highest BCUT2D eigenvalue weighted by Gasteiger charge is 2.38. The number of fused-ring (bicyclic) bond motifs is 1. The fraction of sp³-hybridized carbons (Fsp3) is 0.333. The summed E-state index contributed by atoms with van der Waals surface area (Å²) in [6.07, 6.45) is -2.40. The van der Waals surface area contributed by atoms with Crippen LogP contribution >= 0.6 is 0 Å². The molecule has 28 heavy (non-hydrogen) atoms. The van der Waals surface area contributed by atoms with Crippen molar-refractivity contribution >= 4 is 16.6 Å². The number of benzene rings is 2. The molecule has 0 aliphatic heterocycles. The summed E-state index contributed by atoms with van der Waals surface area (Å²) in [4.78, 5) is 0. The number of aromatic nitrogens is 2. The van der Waals surface area contributed by atoms with E-state index in [2.05, 4.69) is 15.5 Å². The first-order chi connectivity index (χ1) is 13.4. The third-order valence-corrected chi connectivity index (χ3v) is 4.67. The number of nitrogens with zero attached hydrogens (tertiary/aromatic N) is 2. The fourth-order valence-corrected chi connectivity index (χ4v) is 2.86. The minimum atomic E-state index is -4.36. The molecular formula is C21H23F3N4. The molecule has 0 saturated heterocycles. The van der Waals surface area contributed by atoms with Crippen molar-refractivity contribution in [1.82, 2.24) is 10.2 Å². The van der Waals surface area contributed by atoms with Gasteiger partial charge in [-0.3, -0.25) is 0 Å². The Kier molecular flexibility index (Phi) is 5.56. The summed E-state index contributed by atoms with van der Waals surface area (Å²) in [7, 11) is 0. The van der Waals surface area contributed by atoms with E-state index in [1.54, 1.807) is 0 Å². The van der Waals surface area contributed by atoms with Gasteiger partial charge < -0.3 is 11.1 Å². The number of nitrogens with two attached hydrogens (primary N) is 1. The number of alkyl halides is 3. The van der Waals surface area contributed by atoms with Crippen LogP contribution in [0.15, 0.2) is 48.5 Å². The Hall–Kier alpha value is -2.67. The summed E-state index contributed by atoms with van der Waals surface area (Å²) >= 11 is 0. The maximum absolute atomic E-state index is 12.8. The molecule has 2 aromatic carbocycles. The Morgan fingerprint density at radius 1 is 0.964 bits per heavy atom. The van der Waals surface area contributed by atoms with Gasteiger partial charge in [0.05, 0.1) is 5.56 Å². The summed E-state index contributed by atoms with van der Waals surface area (Å²) in [6, 6.07) is 12.5. The second kappa shape index (κ2) is 7.75. The summed E-state index contributed by atoms with van der Waals surface area (Å²) < 4.78 is 38.3. The summed E-state index contributed by atoms with van der Waals surface area (Å²) in [5.41, 5.74) is 6.39. The molecule has 3 N–H and O–H groups in total. The molecule has 0 bridgehead atoms. The van der Waals surface area contributed by atoms with E-state index in [4.69, 9.17) is 5.73 Å². The largest absolute Gasteiger partial charge is 0.416 e. The van der Waals surface area contributed by atoms with Crippen LogP contribution in [0.2, 0.25) is 0 Å². The summed E-state index contributed by atoms with van der Waals surface area (Å²) in [5.74, 6) is 0.632. The molecule has 1 heterocycles. The van der Waals surface area contributed by atoms with Crippen LogP contribution in [0.25, 0.3) is 22.0 Å². The van der Waals surface area contributed by atoms with Crippen LogP contribution in [-0.4, -0.2) is 22.3 Å². The van der Waals surface area contributed by atoms with Crippen LogP contribution in [0.5, 0.6) is 0 Å². The molecule has 1 saturated carbocycles. The second-order valence-corrected chi connectivity index (χ2v) is 6.73. The van der Waals surface area contributed by atoms with E-state index in [0.717, 1.165) is 35.7 Å². The molecule has 0 amide bonds. The predicted molar refractivity (Wildman–Crippen MR) is 106 cm³/mol. The van der Waals surface area contributed by atoms with E-state index in [1.807, 2.05) is 38.1 Å². The highest BCUT2D eigenvalue weighted by molar-refractivity contribution is 6.00. The maximum atomic E-state index is 12.8. The van der Waals surface area contributed by atoms with Crippen molar-refractivity contribution < 1.29 is 13.2 Å². The van der Waals surface area contributed by atoms with Crippen LogP contribution in [0.4, 0.5) is 19.0 Å². The number of anilines is 1. The van der Waals surface area contributed by atoms with E-state index in [1.165, 1.54) is 12.1 Å². The Bertz CT molecular complexity index is 948. The van der Waals surface area contributed by atoms with Gasteiger partial charge in [0.25, 0.3) is 0 Å². The molecule has 4 nitrogen and oxygen atoms in total. The number of nitrogens with one attached hydrogen (secondary N) is 1. The zero-order chi connectivity index (χ0) is 20.4. The quantitative estimate of drug-likeness (QED) is 0.641. The van der Waals surface area contributed by atoms with Crippen molar-refractivity contribution in [2.75, 3.05) is 11.9 Å². The van der Waals surface area contributed by atoms with Gasteiger partial charge in [0.2, 0.25) is 0 Å². The van der Waals surface area contributed by atoms with E-state index >= 15 is 0 Å². The van der Waals surface area contributed by atoms with Gasteiger partial charge in [-0.25, -0.2) is 0 Å². The lowest BCUT2D eigenvalue weighted by atomic mass is 10.0. The van der Waals surface area contributed by atoms with Gasteiger partial charge >= 0.3 is 6.18 Å². The number of hydrogen-bond donors (Lipinski definition) is 2. The highest BCUT2D eigenvalue weighted by Crippen LogP contribution is 2.35. The van der Waals surface area contributed by atoms with Crippen LogP contribution in [0.1, 0.15) is 32.3 Å². The molecule has 1 aromatic heterocycles. The zero-order valence-corrected chi connectivity index (χ0v) is 15.8. The molecule has 4 rings (SSSR count). The Labute approximate surface area is 162 Å². The average Bonchev–Trinajstić information content (AvgIpc) is 3.44. The Balaban J connectivity index is 0.00000109. The summed E-state index contributed by atoms with van der Waals surface area (Å²) in [6.45, 7) is 4.62. The van der Waals surface area contributed by atoms with Gasteiger partial charge in [-0.05, 0) is 25.0 Å². The van der Waals surface area contributed by atoms with Crippen molar-refractivity contribution in [2.24, 2.45) is 5.73 Å². The molecule has 1 aliphatic carbocycles. The smallest absolute Gasteiger partial charge is 0.366 e. The summed E-state index contributed by atoms with van der Waals surface area (Å²) in [5, 5.41) is 13.4. The molecule has 0 atom stereocenters. The third-order valence-electron chi connectivity index (χ3n) is 4.67. The van der Waals surface area contributed by atoms with Gasteiger partial charge in [0.15, 0.2) is 5.82 Å². The minimum Gasteiger partial charge on any atom is -0.366 e.